The first-order valence-electron chi connectivity index (χ1n) is 11.6. The molecule has 9 heteroatoms. The largest absolute Gasteiger partial charge is 0.466 e. The van der Waals surface area contributed by atoms with Crippen molar-refractivity contribution in [2.75, 3.05) is 7.11 Å². The summed E-state index contributed by atoms with van der Waals surface area (Å²) in [5, 5.41) is 13.8. The summed E-state index contributed by atoms with van der Waals surface area (Å²) in [7, 11) is -0.786. The number of esters is 2. The van der Waals surface area contributed by atoms with Gasteiger partial charge in [0, 0.05) is 17.4 Å². The van der Waals surface area contributed by atoms with E-state index in [0.29, 0.717) is 32.1 Å². The predicted molar refractivity (Wildman–Crippen MR) is 118 cm³/mol. The molecule has 0 radical (unpaired) electrons. The number of nitrogens with one attached hydrogen (secondary N) is 1. The third kappa shape index (κ3) is 2.89. The van der Waals surface area contributed by atoms with Crippen LogP contribution in [0.1, 0.15) is 59.8 Å². The Labute approximate surface area is 190 Å². The fourth-order valence-electron chi connectivity index (χ4n) is 6.63. The highest BCUT2D eigenvalue weighted by Crippen LogP contribution is 2.68. The molecule has 0 unspecified atom stereocenters. The van der Waals surface area contributed by atoms with Crippen LogP contribution in [0.15, 0.2) is 0 Å². The van der Waals surface area contributed by atoms with Crippen LogP contribution >= 0.6 is 0 Å². The van der Waals surface area contributed by atoms with E-state index >= 15 is 0 Å². The van der Waals surface area contributed by atoms with Crippen LogP contribution in [0.3, 0.4) is 0 Å². The molecule has 0 aromatic rings. The molecule has 4 aliphatic rings. The van der Waals surface area contributed by atoms with Crippen molar-refractivity contribution in [1.82, 2.24) is 5.32 Å². The number of methoxy groups -OCH3 is 1. The van der Waals surface area contributed by atoms with Crippen molar-refractivity contribution in [1.29, 1.82) is 0 Å². The summed E-state index contributed by atoms with van der Waals surface area (Å²) >= 11 is 0. The van der Waals surface area contributed by atoms with Gasteiger partial charge in [-0.1, -0.05) is 20.8 Å². The third-order valence-corrected chi connectivity index (χ3v) is 14.0. The average molecular weight is 468 g/mol. The quantitative estimate of drug-likeness (QED) is 0.484. The second kappa shape index (κ2) is 7.02. The Morgan fingerprint density at radius 1 is 1.22 bits per heavy atom. The van der Waals surface area contributed by atoms with E-state index in [2.05, 4.69) is 39.2 Å². The molecule has 8 nitrogen and oxygen atoms in total. The van der Waals surface area contributed by atoms with E-state index in [1.54, 1.807) is 0 Å². The zero-order valence-electron chi connectivity index (χ0n) is 20.2. The summed E-state index contributed by atoms with van der Waals surface area (Å²) in [6.45, 7) is 12.5. The molecule has 0 spiro atoms. The molecule has 2 saturated heterocycles. The predicted octanol–water partition coefficient (Wildman–Crippen LogP) is 2.29. The Bertz CT molecular complexity index is 850. The SMILES string of the molecule is COC(=O)[C@H]1OC(=O)[C@]23CC[C@H](O[Si](C)(C)C(C)(C)C)C[C@]12CC[C@H]1[C@@H]3NC(=O)[C@@]1(C)O. The van der Waals surface area contributed by atoms with Crippen LogP contribution in [0.2, 0.25) is 18.1 Å². The highest BCUT2D eigenvalue weighted by atomic mass is 28.4. The highest BCUT2D eigenvalue weighted by molar-refractivity contribution is 6.74. The van der Waals surface area contributed by atoms with Crippen molar-refractivity contribution in [3.63, 3.8) is 0 Å². The fraction of sp³-hybridized carbons (Fsp3) is 0.870. The molecule has 180 valence electrons. The van der Waals surface area contributed by atoms with E-state index < -0.39 is 60.7 Å². The first-order valence-corrected chi connectivity index (χ1v) is 14.5. The highest BCUT2D eigenvalue weighted by Gasteiger charge is 2.79. The number of carbonyl (C=O) groups excluding carboxylic acids is 3. The molecule has 2 saturated carbocycles. The lowest BCUT2D eigenvalue weighted by Crippen LogP contribution is -2.66. The fourth-order valence-corrected chi connectivity index (χ4v) is 8.02. The van der Waals surface area contributed by atoms with Crippen LogP contribution in [-0.4, -0.2) is 62.2 Å². The van der Waals surface area contributed by atoms with Gasteiger partial charge in [-0.15, -0.1) is 0 Å². The number of ether oxygens (including phenoxy) is 2. The molecule has 1 amide bonds. The molecular weight excluding hydrogens is 430 g/mol. The second-order valence-corrected chi connectivity index (χ2v) is 16.7. The van der Waals surface area contributed by atoms with Gasteiger partial charge in [0.25, 0.3) is 5.91 Å². The molecule has 4 rings (SSSR count). The van der Waals surface area contributed by atoms with Crippen LogP contribution in [0, 0.1) is 16.7 Å². The summed E-state index contributed by atoms with van der Waals surface area (Å²) in [5.74, 6) is -1.91. The zero-order chi connectivity index (χ0) is 23.9. The van der Waals surface area contributed by atoms with E-state index in [-0.39, 0.29) is 11.1 Å². The monoisotopic (exact) mass is 467 g/mol. The van der Waals surface area contributed by atoms with Gasteiger partial charge in [0.2, 0.25) is 6.10 Å². The number of fused-ring (bicyclic) bond motifs is 1. The molecule has 32 heavy (non-hydrogen) atoms. The van der Waals surface area contributed by atoms with Crippen LogP contribution in [0.4, 0.5) is 0 Å². The number of hydrogen-bond acceptors (Lipinski definition) is 7. The first kappa shape index (κ1) is 23.7. The molecule has 2 aliphatic carbocycles. The van der Waals surface area contributed by atoms with Crippen LogP contribution in [-0.2, 0) is 28.3 Å². The summed E-state index contributed by atoms with van der Waals surface area (Å²) in [6.07, 6.45) is 1.42. The smallest absolute Gasteiger partial charge is 0.347 e. The lowest BCUT2D eigenvalue weighted by molar-refractivity contribution is -0.166. The van der Waals surface area contributed by atoms with Crippen LogP contribution in [0.5, 0.6) is 0 Å². The van der Waals surface area contributed by atoms with Gasteiger partial charge < -0.3 is 24.3 Å². The van der Waals surface area contributed by atoms with Crippen LogP contribution < -0.4 is 5.32 Å². The summed E-state index contributed by atoms with van der Waals surface area (Å²) in [5.41, 5.74) is -3.46. The maximum Gasteiger partial charge on any atom is 0.347 e. The number of cyclic esters (lactones) is 1. The zero-order valence-corrected chi connectivity index (χ0v) is 21.2. The molecule has 4 fully saturated rings. The Hall–Kier alpha value is -1.45. The minimum atomic E-state index is -2.09. The van der Waals surface area contributed by atoms with Crippen LogP contribution in [0.25, 0.3) is 0 Å². The van der Waals surface area contributed by atoms with Gasteiger partial charge in [0.05, 0.1) is 18.6 Å². The van der Waals surface area contributed by atoms with Crippen molar-refractivity contribution < 1.29 is 33.4 Å². The normalized spacial score (nSPS) is 43.6. The van der Waals surface area contributed by atoms with Gasteiger partial charge in [-0.05, 0) is 57.2 Å². The van der Waals surface area contributed by atoms with Crippen molar-refractivity contribution in [3.05, 3.63) is 0 Å². The van der Waals surface area contributed by atoms with Crippen molar-refractivity contribution in [3.8, 4) is 0 Å². The minimum Gasteiger partial charge on any atom is -0.466 e. The minimum absolute atomic E-state index is 0.0265. The van der Waals surface area contributed by atoms with Gasteiger partial charge in [-0.3, -0.25) is 9.59 Å². The topological polar surface area (TPSA) is 111 Å². The summed E-state index contributed by atoms with van der Waals surface area (Å²) < 4.78 is 17.6. The molecule has 2 N–H and O–H groups in total. The number of carbonyl (C=O) groups is 3. The maximum absolute atomic E-state index is 13.5. The third-order valence-electron chi connectivity index (χ3n) is 9.42. The maximum atomic E-state index is 13.5. The van der Waals surface area contributed by atoms with E-state index in [1.165, 1.54) is 14.0 Å². The lowest BCUT2D eigenvalue weighted by Gasteiger charge is -2.57. The standard InChI is InChI=1S/C23H37NO7Si/c1-20(2,3)32(6,7)31-13-8-11-23-15-14(21(4,28)18(26)24-15)9-10-22(23,12-13)16(17(25)29-5)30-19(23)27/h13-16,28H,8-12H2,1-7H3,(H,24,26)/t13-,14-,15-,16+,21-,22+,23+/m0/s1. The number of aliphatic hydroxyl groups is 1. The van der Waals surface area contributed by atoms with Gasteiger partial charge in [-0.2, -0.15) is 0 Å². The summed E-state index contributed by atoms with van der Waals surface area (Å²) in [4.78, 5) is 39.0. The van der Waals surface area contributed by atoms with Gasteiger partial charge in [0.1, 0.15) is 5.60 Å². The lowest BCUT2D eigenvalue weighted by atomic mass is 9.45. The van der Waals surface area contributed by atoms with E-state index in [4.69, 9.17) is 13.9 Å². The van der Waals surface area contributed by atoms with Gasteiger partial charge >= 0.3 is 11.9 Å². The molecule has 0 aromatic heterocycles. The van der Waals surface area contributed by atoms with E-state index in [1.807, 2.05) is 0 Å². The average Bonchev–Trinajstić information content (AvgIpc) is 3.08. The number of rotatable bonds is 3. The van der Waals surface area contributed by atoms with Gasteiger partial charge in [0.15, 0.2) is 8.32 Å². The van der Waals surface area contributed by atoms with Gasteiger partial charge in [-0.25, -0.2) is 4.79 Å². The number of hydrogen-bond donors (Lipinski definition) is 2. The molecule has 2 heterocycles. The van der Waals surface area contributed by atoms with Crippen molar-refractivity contribution in [2.45, 2.75) is 102 Å². The van der Waals surface area contributed by atoms with Crippen molar-refractivity contribution >= 4 is 26.2 Å². The Kier molecular flexibility index (Phi) is 5.20. The molecule has 0 bridgehead atoms. The Balaban J connectivity index is 1.77. The van der Waals surface area contributed by atoms with Crippen molar-refractivity contribution in [2.24, 2.45) is 16.7 Å². The Morgan fingerprint density at radius 3 is 2.47 bits per heavy atom. The second-order valence-electron chi connectivity index (χ2n) is 11.9. The number of amides is 1. The molecule has 2 aliphatic heterocycles. The van der Waals surface area contributed by atoms with E-state index in [9.17, 15) is 19.5 Å². The molecule has 0 aromatic carbocycles. The molecular formula is C23H37NO7Si. The summed E-state index contributed by atoms with van der Waals surface area (Å²) in [6, 6.07) is -0.574. The van der Waals surface area contributed by atoms with E-state index in [0.717, 1.165) is 0 Å². The molecule has 7 atom stereocenters. The Morgan fingerprint density at radius 2 is 1.88 bits per heavy atom. The first-order chi connectivity index (χ1) is 14.6.